The van der Waals surface area contributed by atoms with E-state index in [9.17, 15) is 9.59 Å². The molecule has 0 spiro atoms. The zero-order valence-electron chi connectivity index (χ0n) is 16.3. The number of likely N-dealkylation sites (N-methyl/N-ethyl adjacent to an activating group) is 1. The maximum absolute atomic E-state index is 13.2. The number of thiophene rings is 1. The number of amides is 2. The fraction of sp³-hybridized carbons (Fsp3) is 0.174. The van der Waals surface area contributed by atoms with E-state index in [0.717, 1.165) is 16.1 Å². The molecule has 0 saturated heterocycles. The minimum atomic E-state index is -0.147. The molecule has 6 heteroatoms. The minimum Gasteiger partial charge on any atom is -0.339 e. The second-order valence-electron chi connectivity index (χ2n) is 6.91. The molecule has 2 aromatic rings. The number of hydrogen-bond donors (Lipinski definition) is 0. The molecule has 1 aromatic carbocycles. The van der Waals surface area contributed by atoms with Gasteiger partial charge in [-0.25, -0.2) is 4.99 Å². The molecule has 2 aliphatic rings. The van der Waals surface area contributed by atoms with Gasteiger partial charge in [-0.1, -0.05) is 48.6 Å². The molecule has 29 heavy (non-hydrogen) atoms. The van der Waals surface area contributed by atoms with Crippen LogP contribution >= 0.6 is 11.3 Å². The second kappa shape index (κ2) is 8.01. The first-order valence-corrected chi connectivity index (χ1v) is 10.3. The molecule has 1 unspecified atom stereocenters. The van der Waals surface area contributed by atoms with Crippen LogP contribution in [0.2, 0.25) is 0 Å². The van der Waals surface area contributed by atoms with Gasteiger partial charge >= 0.3 is 0 Å². The monoisotopic (exact) mass is 403 g/mol. The number of benzene rings is 1. The highest BCUT2D eigenvalue weighted by atomic mass is 32.1. The average molecular weight is 404 g/mol. The summed E-state index contributed by atoms with van der Waals surface area (Å²) in [5, 5.41) is 1.98. The van der Waals surface area contributed by atoms with Gasteiger partial charge in [0.15, 0.2) is 0 Å². The van der Waals surface area contributed by atoms with Gasteiger partial charge in [-0.2, -0.15) is 0 Å². The summed E-state index contributed by atoms with van der Waals surface area (Å²) in [6.45, 7) is 1.55. The van der Waals surface area contributed by atoms with Crippen molar-refractivity contribution in [2.45, 2.75) is 19.4 Å². The first-order chi connectivity index (χ1) is 14.0. The van der Waals surface area contributed by atoms with Crippen LogP contribution in [0.4, 0.5) is 0 Å². The normalized spacial score (nSPS) is 20.1. The lowest BCUT2D eigenvalue weighted by molar-refractivity contribution is -0.128. The van der Waals surface area contributed by atoms with E-state index in [1.54, 1.807) is 35.1 Å². The highest BCUT2D eigenvalue weighted by molar-refractivity contribution is 7.10. The van der Waals surface area contributed by atoms with Gasteiger partial charge < -0.3 is 4.90 Å². The molecule has 2 heterocycles. The SMILES string of the molecule is CC(=O)N(C)C1C=CC(N2C(=O)C(=Cc3cccs3)N=C2c2ccccc2)=CC1. The molecule has 1 aliphatic carbocycles. The first-order valence-electron chi connectivity index (χ1n) is 9.40. The minimum absolute atomic E-state index is 0.00722. The Morgan fingerprint density at radius 1 is 1.24 bits per heavy atom. The number of nitrogens with zero attached hydrogens (tertiary/aromatic N) is 3. The van der Waals surface area contributed by atoms with Gasteiger partial charge in [0.1, 0.15) is 11.5 Å². The Hall–Kier alpha value is -3.25. The Morgan fingerprint density at radius 2 is 2.03 bits per heavy atom. The van der Waals surface area contributed by atoms with Crippen molar-refractivity contribution >= 4 is 35.1 Å². The standard InChI is InChI=1S/C23H21N3O2S/c1-16(27)25(2)18-10-12-19(13-11-18)26-22(17-7-4-3-5-8-17)24-21(23(26)28)15-20-9-6-14-29-20/h3-10,12-15,18H,11H2,1-2H3. The lowest BCUT2D eigenvalue weighted by Gasteiger charge is -2.28. The summed E-state index contributed by atoms with van der Waals surface area (Å²) in [4.78, 5) is 33.9. The van der Waals surface area contributed by atoms with Crippen molar-refractivity contribution in [2.24, 2.45) is 4.99 Å². The summed E-state index contributed by atoms with van der Waals surface area (Å²) in [5.41, 5.74) is 2.08. The van der Waals surface area contributed by atoms with Crippen LogP contribution in [0, 0.1) is 0 Å². The van der Waals surface area contributed by atoms with Crippen molar-refractivity contribution < 1.29 is 9.59 Å². The molecule has 0 N–H and O–H groups in total. The summed E-state index contributed by atoms with van der Waals surface area (Å²) in [6, 6.07) is 13.6. The molecular formula is C23H21N3O2S. The number of hydrogen-bond acceptors (Lipinski definition) is 4. The van der Waals surface area contributed by atoms with Crippen LogP contribution in [-0.4, -0.2) is 40.5 Å². The van der Waals surface area contributed by atoms with Crippen molar-refractivity contribution in [1.82, 2.24) is 9.80 Å². The maximum Gasteiger partial charge on any atom is 0.282 e. The van der Waals surface area contributed by atoms with Gasteiger partial charge in [0.05, 0.1) is 6.04 Å². The Bertz CT molecular complexity index is 1050. The van der Waals surface area contributed by atoms with Crippen molar-refractivity contribution in [1.29, 1.82) is 0 Å². The predicted molar refractivity (Wildman–Crippen MR) is 116 cm³/mol. The average Bonchev–Trinajstić information content (AvgIpc) is 3.37. The summed E-state index contributed by atoms with van der Waals surface area (Å²) in [5.74, 6) is 0.487. The van der Waals surface area contributed by atoms with Crippen LogP contribution in [0.1, 0.15) is 23.8 Å². The van der Waals surface area contributed by atoms with Crippen molar-refractivity contribution in [2.75, 3.05) is 7.05 Å². The Labute approximate surface area is 174 Å². The lowest BCUT2D eigenvalue weighted by atomic mass is 10.0. The molecular weight excluding hydrogens is 382 g/mol. The zero-order chi connectivity index (χ0) is 20.4. The first kappa shape index (κ1) is 19.1. The smallest absolute Gasteiger partial charge is 0.282 e. The molecule has 5 nitrogen and oxygen atoms in total. The van der Waals surface area contributed by atoms with E-state index in [1.807, 2.05) is 72.1 Å². The van der Waals surface area contributed by atoms with Crippen LogP contribution in [0.25, 0.3) is 6.08 Å². The number of amidine groups is 1. The number of rotatable bonds is 4. The summed E-state index contributed by atoms with van der Waals surface area (Å²) < 4.78 is 0. The zero-order valence-corrected chi connectivity index (χ0v) is 17.1. The third kappa shape index (κ3) is 3.84. The van der Waals surface area contributed by atoms with Crippen LogP contribution in [-0.2, 0) is 9.59 Å². The van der Waals surface area contributed by atoms with E-state index in [4.69, 9.17) is 0 Å². The highest BCUT2D eigenvalue weighted by Crippen LogP contribution is 2.29. The van der Waals surface area contributed by atoms with Gasteiger partial charge in [0.25, 0.3) is 5.91 Å². The van der Waals surface area contributed by atoms with E-state index in [0.29, 0.717) is 18.0 Å². The molecule has 1 aromatic heterocycles. The van der Waals surface area contributed by atoms with Crippen LogP contribution < -0.4 is 0 Å². The molecule has 0 saturated carbocycles. The van der Waals surface area contributed by atoms with E-state index in [1.165, 1.54) is 0 Å². The number of allylic oxidation sites excluding steroid dienone is 1. The summed E-state index contributed by atoms with van der Waals surface area (Å²) >= 11 is 1.57. The van der Waals surface area contributed by atoms with Crippen molar-refractivity contribution in [3.05, 3.63) is 87.9 Å². The fourth-order valence-corrected chi connectivity index (χ4v) is 3.98. The molecule has 146 valence electrons. The molecule has 0 fully saturated rings. The quantitative estimate of drug-likeness (QED) is 0.723. The van der Waals surface area contributed by atoms with Crippen molar-refractivity contribution in [3.63, 3.8) is 0 Å². The van der Waals surface area contributed by atoms with Gasteiger partial charge in [-0.3, -0.25) is 14.5 Å². The van der Waals surface area contributed by atoms with E-state index >= 15 is 0 Å². The fourth-order valence-electron chi connectivity index (χ4n) is 3.33. The third-order valence-corrected chi connectivity index (χ3v) is 5.84. The van der Waals surface area contributed by atoms with Crippen LogP contribution in [0.3, 0.4) is 0 Å². The number of carbonyl (C=O) groups excluding carboxylic acids is 2. The Morgan fingerprint density at radius 3 is 2.66 bits per heavy atom. The number of aliphatic imine (C=N–C) groups is 1. The predicted octanol–water partition coefficient (Wildman–Crippen LogP) is 4.07. The molecule has 2 amide bonds. The van der Waals surface area contributed by atoms with Crippen molar-refractivity contribution in [3.8, 4) is 0 Å². The molecule has 1 aliphatic heterocycles. The van der Waals surface area contributed by atoms with E-state index in [-0.39, 0.29) is 17.9 Å². The summed E-state index contributed by atoms with van der Waals surface area (Å²) in [7, 11) is 1.79. The van der Waals surface area contributed by atoms with E-state index in [2.05, 4.69) is 4.99 Å². The molecule has 0 radical (unpaired) electrons. The second-order valence-corrected chi connectivity index (χ2v) is 7.89. The third-order valence-electron chi connectivity index (χ3n) is 5.02. The van der Waals surface area contributed by atoms with Gasteiger partial charge in [-0.15, -0.1) is 11.3 Å². The largest absolute Gasteiger partial charge is 0.339 e. The van der Waals surface area contributed by atoms with Crippen LogP contribution in [0.15, 0.2) is 82.5 Å². The Kier molecular flexibility index (Phi) is 5.27. The molecule has 1 atom stereocenters. The Balaban J connectivity index is 1.68. The van der Waals surface area contributed by atoms with E-state index < -0.39 is 0 Å². The topological polar surface area (TPSA) is 53.0 Å². The van der Waals surface area contributed by atoms with Crippen LogP contribution in [0.5, 0.6) is 0 Å². The summed E-state index contributed by atoms with van der Waals surface area (Å²) in [6.07, 6.45) is 8.34. The van der Waals surface area contributed by atoms with Gasteiger partial charge in [0.2, 0.25) is 5.91 Å². The molecule has 4 rings (SSSR count). The molecule has 0 bridgehead atoms. The number of carbonyl (C=O) groups is 2. The van der Waals surface area contributed by atoms with Gasteiger partial charge in [0, 0.05) is 30.1 Å². The van der Waals surface area contributed by atoms with Gasteiger partial charge in [-0.05, 0) is 30.0 Å². The maximum atomic E-state index is 13.2. The lowest BCUT2D eigenvalue weighted by Crippen LogP contribution is -2.37. The highest BCUT2D eigenvalue weighted by Gasteiger charge is 2.34.